The van der Waals surface area contributed by atoms with Gasteiger partial charge < -0.3 is 24.2 Å². The Labute approximate surface area is 196 Å². The Hall–Kier alpha value is -2.57. The van der Waals surface area contributed by atoms with Crippen LogP contribution in [0.3, 0.4) is 0 Å². The Balaban J connectivity index is 1.13. The summed E-state index contributed by atoms with van der Waals surface area (Å²) < 4.78 is 11.6. The van der Waals surface area contributed by atoms with Crippen molar-refractivity contribution in [2.75, 3.05) is 56.2 Å². The van der Waals surface area contributed by atoms with E-state index in [2.05, 4.69) is 41.1 Å². The molecule has 0 aromatic heterocycles. The zero-order valence-electron chi connectivity index (χ0n) is 19.4. The smallest absolute Gasteiger partial charge is 0.258 e. The summed E-state index contributed by atoms with van der Waals surface area (Å²) in [6.07, 6.45) is 4.48. The number of ether oxygens (including phenoxy) is 2. The van der Waals surface area contributed by atoms with Crippen LogP contribution in [0.15, 0.2) is 42.5 Å². The molecule has 6 heteroatoms. The summed E-state index contributed by atoms with van der Waals surface area (Å²) in [5, 5.41) is 0. The summed E-state index contributed by atoms with van der Waals surface area (Å²) in [6, 6.07) is 15.1. The predicted octanol–water partition coefficient (Wildman–Crippen LogP) is 3.59. The molecule has 0 saturated carbocycles. The number of hydrogen-bond donors (Lipinski definition) is 0. The number of carbonyl (C=O) groups is 1. The summed E-state index contributed by atoms with van der Waals surface area (Å²) in [7, 11) is 2.22. The number of likely N-dealkylation sites (tertiary alicyclic amines) is 1. The van der Waals surface area contributed by atoms with Crippen LogP contribution < -0.4 is 14.5 Å². The summed E-state index contributed by atoms with van der Waals surface area (Å²) in [5.74, 6) is 1.69. The third-order valence-electron chi connectivity index (χ3n) is 7.84. The lowest BCUT2D eigenvalue weighted by Gasteiger charge is -2.30. The van der Waals surface area contributed by atoms with Crippen molar-refractivity contribution >= 4 is 17.3 Å². The fourth-order valence-corrected chi connectivity index (χ4v) is 6.08. The van der Waals surface area contributed by atoms with E-state index < -0.39 is 0 Å². The van der Waals surface area contributed by atoms with E-state index in [0.717, 1.165) is 67.4 Å². The van der Waals surface area contributed by atoms with Gasteiger partial charge >= 0.3 is 0 Å². The summed E-state index contributed by atoms with van der Waals surface area (Å²) >= 11 is 0. The number of anilines is 2. The minimum Gasteiger partial charge on any atom is -0.491 e. The van der Waals surface area contributed by atoms with Gasteiger partial charge in [-0.15, -0.1) is 0 Å². The van der Waals surface area contributed by atoms with Gasteiger partial charge in [0.25, 0.3) is 5.91 Å². The van der Waals surface area contributed by atoms with E-state index in [4.69, 9.17) is 9.47 Å². The molecule has 4 aliphatic rings. The molecule has 6 nitrogen and oxygen atoms in total. The van der Waals surface area contributed by atoms with Crippen LogP contribution in [0, 0.1) is 5.92 Å². The molecule has 3 saturated heterocycles. The third-order valence-corrected chi connectivity index (χ3v) is 7.84. The van der Waals surface area contributed by atoms with E-state index in [1.165, 1.54) is 18.7 Å². The SMILES string of the molecule is CN1C[C@@H]2CCN(c3ccc(N4CCc5cc(OC[C@@H]6CCCO6)ccc5C4=O)cc3)[C@@H]2C1. The van der Waals surface area contributed by atoms with Crippen molar-refractivity contribution in [3.05, 3.63) is 53.6 Å². The lowest BCUT2D eigenvalue weighted by molar-refractivity contribution is 0.0679. The average molecular weight is 448 g/mol. The van der Waals surface area contributed by atoms with Crippen LogP contribution in [0.4, 0.5) is 11.4 Å². The fourth-order valence-electron chi connectivity index (χ4n) is 6.08. The van der Waals surface area contributed by atoms with Gasteiger partial charge in [-0.05, 0) is 86.7 Å². The monoisotopic (exact) mass is 447 g/mol. The average Bonchev–Trinajstić information content (AvgIpc) is 3.56. The lowest BCUT2D eigenvalue weighted by Crippen LogP contribution is -2.37. The Morgan fingerprint density at radius 2 is 1.88 bits per heavy atom. The van der Waals surface area contributed by atoms with Gasteiger partial charge in [0.1, 0.15) is 12.4 Å². The molecule has 33 heavy (non-hydrogen) atoms. The van der Waals surface area contributed by atoms with Crippen molar-refractivity contribution in [2.45, 2.75) is 37.8 Å². The number of nitrogens with zero attached hydrogens (tertiary/aromatic N) is 3. The number of fused-ring (bicyclic) bond motifs is 2. The highest BCUT2D eigenvalue weighted by Gasteiger charge is 2.40. The second-order valence-electron chi connectivity index (χ2n) is 10.0. The van der Waals surface area contributed by atoms with Crippen LogP contribution in [0.2, 0.25) is 0 Å². The quantitative estimate of drug-likeness (QED) is 0.701. The molecule has 0 N–H and O–H groups in total. The van der Waals surface area contributed by atoms with Gasteiger partial charge in [0.2, 0.25) is 0 Å². The predicted molar refractivity (Wildman–Crippen MR) is 129 cm³/mol. The van der Waals surface area contributed by atoms with E-state index in [1.807, 2.05) is 23.1 Å². The van der Waals surface area contributed by atoms with Crippen LogP contribution in [0.1, 0.15) is 35.2 Å². The van der Waals surface area contributed by atoms with Gasteiger partial charge in [0.05, 0.1) is 6.10 Å². The molecule has 3 fully saturated rings. The number of hydrogen-bond acceptors (Lipinski definition) is 5. The van der Waals surface area contributed by atoms with Crippen LogP contribution >= 0.6 is 0 Å². The number of carbonyl (C=O) groups excluding carboxylic acids is 1. The third kappa shape index (κ3) is 4.00. The maximum Gasteiger partial charge on any atom is 0.258 e. The number of rotatable bonds is 5. The molecule has 0 spiro atoms. The van der Waals surface area contributed by atoms with E-state index in [1.54, 1.807) is 0 Å². The highest BCUT2D eigenvalue weighted by molar-refractivity contribution is 6.08. The molecule has 4 heterocycles. The normalized spacial score (nSPS) is 27.2. The summed E-state index contributed by atoms with van der Waals surface area (Å²) in [5.41, 5.74) is 4.11. The van der Waals surface area contributed by atoms with E-state index in [9.17, 15) is 4.79 Å². The van der Waals surface area contributed by atoms with Gasteiger partial charge in [0, 0.05) is 55.8 Å². The first-order valence-electron chi connectivity index (χ1n) is 12.4. The number of amides is 1. The fraction of sp³-hybridized carbons (Fsp3) is 0.519. The Morgan fingerprint density at radius 3 is 2.70 bits per heavy atom. The molecular formula is C27H33N3O3. The Kier molecular flexibility index (Phi) is 5.51. The van der Waals surface area contributed by atoms with Gasteiger partial charge in [-0.3, -0.25) is 4.79 Å². The molecule has 2 aromatic carbocycles. The van der Waals surface area contributed by atoms with Crippen molar-refractivity contribution in [3.63, 3.8) is 0 Å². The van der Waals surface area contributed by atoms with Crippen LogP contribution in [-0.4, -0.2) is 69.4 Å². The van der Waals surface area contributed by atoms with Gasteiger partial charge in [-0.2, -0.15) is 0 Å². The van der Waals surface area contributed by atoms with Crippen LogP contribution in [0.25, 0.3) is 0 Å². The van der Waals surface area contributed by atoms with Crippen LogP contribution in [0.5, 0.6) is 5.75 Å². The molecule has 3 atom stereocenters. The first kappa shape index (κ1) is 21.0. The molecule has 174 valence electrons. The van der Waals surface area contributed by atoms with Crippen molar-refractivity contribution < 1.29 is 14.3 Å². The zero-order valence-corrected chi connectivity index (χ0v) is 19.4. The first-order chi connectivity index (χ1) is 16.2. The van der Waals surface area contributed by atoms with Gasteiger partial charge in [-0.25, -0.2) is 0 Å². The second-order valence-corrected chi connectivity index (χ2v) is 10.0. The summed E-state index contributed by atoms with van der Waals surface area (Å²) in [6.45, 7) is 5.60. The molecule has 0 radical (unpaired) electrons. The topological polar surface area (TPSA) is 45.2 Å². The minimum atomic E-state index is 0.0772. The molecule has 4 aliphatic heterocycles. The van der Waals surface area contributed by atoms with Crippen molar-refractivity contribution in [3.8, 4) is 5.75 Å². The van der Waals surface area contributed by atoms with Crippen LogP contribution in [-0.2, 0) is 11.2 Å². The number of benzene rings is 2. The highest BCUT2D eigenvalue weighted by atomic mass is 16.5. The molecule has 2 aromatic rings. The highest BCUT2D eigenvalue weighted by Crippen LogP contribution is 2.36. The zero-order chi connectivity index (χ0) is 22.4. The van der Waals surface area contributed by atoms with Gasteiger partial charge in [0.15, 0.2) is 0 Å². The molecule has 0 bridgehead atoms. The maximum atomic E-state index is 13.3. The van der Waals surface area contributed by atoms with Crippen molar-refractivity contribution in [1.29, 1.82) is 0 Å². The second kappa shape index (κ2) is 8.65. The minimum absolute atomic E-state index is 0.0772. The number of likely N-dealkylation sites (N-methyl/N-ethyl adjacent to an activating group) is 1. The van der Waals surface area contributed by atoms with E-state index in [-0.39, 0.29) is 12.0 Å². The largest absolute Gasteiger partial charge is 0.491 e. The molecular weight excluding hydrogens is 414 g/mol. The Bertz CT molecular complexity index is 1020. The Morgan fingerprint density at radius 1 is 1.03 bits per heavy atom. The standard InChI is InChI=1S/C27H33N3O3/c1-28-16-20-11-12-29(26(20)17-28)21-4-6-22(7-5-21)30-13-10-19-15-23(8-9-25(19)27(30)31)33-18-24-3-2-14-32-24/h4-9,15,20,24,26H,2-3,10-14,16-18H2,1H3/t20-,24-,26+/m0/s1. The van der Waals surface area contributed by atoms with Crippen molar-refractivity contribution in [2.24, 2.45) is 5.92 Å². The molecule has 0 aliphatic carbocycles. The molecule has 6 rings (SSSR count). The van der Waals surface area contributed by atoms with E-state index in [0.29, 0.717) is 19.2 Å². The molecule has 0 unspecified atom stereocenters. The van der Waals surface area contributed by atoms with Gasteiger partial charge in [-0.1, -0.05) is 0 Å². The van der Waals surface area contributed by atoms with Crippen molar-refractivity contribution in [1.82, 2.24) is 4.90 Å². The van der Waals surface area contributed by atoms with E-state index >= 15 is 0 Å². The molecule has 1 amide bonds. The first-order valence-corrected chi connectivity index (χ1v) is 12.4. The maximum absolute atomic E-state index is 13.3. The lowest BCUT2D eigenvalue weighted by atomic mass is 9.98. The summed E-state index contributed by atoms with van der Waals surface area (Å²) in [4.78, 5) is 20.2.